The Hall–Kier alpha value is -2.64. The van der Waals surface area contributed by atoms with Gasteiger partial charge in [0.2, 0.25) is 6.79 Å². The first-order valence-electron chi connectivity index (χ1n) is 8.53. The van der Waals surface area contributed by atoms with Gasteiger partial charge in [0.25, 0.3) is 0 Å². The highest BCUT2D eigenvalue weighted by molar-refractivity contribution is 5.92. The van der Waals surface area contributed by atoms with Crippen molar-refractivity contribution in [3.8, 4) is 0 Å². The lowest BCUT2D eigenvalue weighted by Crippen LogP contribution is -2.31. The Morgan fingerprint density at radius 1 is 1.04 bits per heavy atom. The predicted octanol–water partition coefficient (Wildman–Crippen LogP) is 1.21. The summed E-state index contributed by atoms with van der Waals surface area (Å²) in [5, 5.41) is 8.37. The highest BCUT2D eigenvalue weighted by atomic mass is 16.7. The number of ether oxygens (including phenoxy) is 3. The Bertz CT molecular complexity index is 664. The molecule has 26 heavy (non-hydrogen) atoms. The second-order valence-corrected chi connectivity index (χ2v) is 6.78. The van der Waals surface area contributed by atoms with Crippen LogP contribution in [0, 0.1) is 23.7 Å². The van der Waals surface area contributed by atoms with Gasteiger partial charge in [-0.3, -0.25) is 9.59 Å². The van der Waals surface area contributed by atoms with Gasteiger partial charge in [-0.2, -0.15) is 0 Å². The number of carboxylic acids is 1. The Balaban J connectivity index is 1.37. The number of carbonyl (C=O) groups is 4. The zero-order chi connectivity index (χ0) is 18.7. The molecule has 0 aromatic heterocycles. The maximum absolute atomic E-state index is 11.9. The smallest absolute Gasteiger partial charge is 0.333 e. The molecule has 0 saturated heterocycles. The summed E-state index contributed by atoms with van der Waals surface area (Å²) in [5.41, 5.74) is 0. The van der Waals surface area contributed by atoms with Crippen LogP contribution in [0.4, 0.5) is 0 Å². The van der Waals surface area contributed by atoms with Gasteiger partial charge in [0.05, 0.1) is 0 Å². The molecule has 5 unspecified atom stereocenters. The van der Waals surface area contributed by atoms with Gasteiger partial charge in [-0.05, 0) is 37.0 Å². The Labute approximate surface area is 149 Å². The van der Waals surface area contributed by atoms with Crippen LogP contribution in [0.5, 0.6) is 0 Å². The van der Waals surface area contributed by atoms with Gasteiger partial charge in [0.15, 0.2) is 0 Å². The van der Waals surface area contributed by atoms with Crippen molar-refractivity contribution in [1.82, 2.24) is 0 Å². The average Bonchev–Trinajstić information content (AvgIpc) is 3.24. The van der Waals surface area contributed by atoms with Crippen LogP contribution < -0.4 is 0 Å². The first-order chi connectivity index (χ1) is 12.4. The average molecular weight is 364 g/mol. The van der Waals surface area contributed by atoms with Crippen molar-refractivity contribution >= 4 is 23.9 Å². The summed E-state index contributed by atoms with van der Waals surface area (Å²) in [5.74, 6) is -1.70. The molecule has 0 heterocycles. The molecule has 2 saturated carbocycles. The third-order valence-corrected chi connectivity index (χ3v) is 5.29. The predicted molar refractivity (Wildman–Crippen MR) is 85.3 cm³/mol. The number of hydrogen-bond donors (Lipinski definition) is 1. The van der Waals surface area contributed by atoms with Gasteiger partial charge in [-0.15, -0.1) is 0 Å². The molecular formula is C18H20O8. The van der Waals surface area contributed by atoms with E-state index in [4.69, 9.17) is 9.84 Å². The van der Waals surface area contributed by atoms with E-state index in [0.29, 0.717) is 23.7 Å². The van der Waals surface area contributed by atoms with E-state index < -0.39 is 37.1 Å². The third kappa shape index (κ3) is 4.12. The molecule has 0 amide bonds. The van der Waals surface area contributed by atoms with Gasteiger partial charge >= 0.3 is 23.9 Å². The summed E-state index contributed by atoms with van der Waals surface area (Å²) in [7, 11) is 0. The molecule has 0 aromatic carbocycles. The fourth-order valence-corrected chi connectivity index (χ4v) is 4.32. The molecule has 140 valence electrons. The van der Waals surface area contributed by atoms with Crippen molar-refractivity contribution in [2.24, 2.45) is 23.7 Å². The van der Waals surface area contributed by atoms with Crippen molar-refractivity contribution in [1.29, 1.82) is 0 Å². The lowest BCUT2D eigenvalue weighted by atomic mass is 9.80. The van der Waals surface area contributed by atoms with E-state index in [-0.39, 0.29) is 6.10 Å². The van der Waals surface area contributed by atoms with Gasteiger partial charge in [-0.25, -0.2) is 9.59 Å². The Kier molecular flexibility index (Phi) is 5.39. The van der Waals surface area contributed by atoms with Crippen molar-refractivity contribution in [3.63, 3.8) is 0 Å². The zero-order valence-corrected chi connectivity index (χ0v) is 14.0. The Morgan fingerprint density at radius 2 is 1.81 bits per heavy atom. The van der Waals surface area contributed by atoms with Gasteiger partial charge in [0.1, 0.15) is 12.5 Å². The van der Waals surface area contributed by atoms with Crippen molar-refractivity contribution < 1.29 is 38.5 Å². The largest absolute Gasteiger partial charge is 0.481 e. The number of carbonyl (C=O) groups excluding carboxylic acids is 3. The van der Waals surface area contributed by atoms with Crippen LogP contribution in [0.3, 0.4) is 0 Å². The molecule has 8 heteroatoms. The monoisotopic (exact) mass is 364 g/mol. The van der Waals surface area contributed by atoms with Gasteiger partial charge in [-0.1, -0.05) is 12.2 Å². The number of allylic oxidation sites excluding steroid dienone is 2. The molecule has 0 aliphatic heterocycles. The molecule has 5 atom stereocenters. The number of hydrogen-bond acceptors (Lipinski definition) is 7. The summed E-state index contributed by atoms with van der Waals surface area (Å²) in [6.45, 7) is -0.716. The van der Waals surface area contributed by atoms with Crippen LogP contribution in [0.2, 0.25) is 0 Å². The summed E-state index contributed by atoms with van der Waals surface area (Å²) >= 11 is 0. The topological polar surface area (TPSA) is 116 Å². The maximum Gasteiger partial charge on any atom is 0.333 e. The molecule has 0 radical (unpaired) electrons. The molecule has 2 bridgehead atoms. The first-order valence-corrected chi connectivity index (χ1v) is 8.53. The lowest BCUT2D eigenvalue weighted by Gasteiger charge is -2.30. The molecule has 3 aliphatic rings. The van der Waals surface area contributed by atoms with E-state index in [9.17, 15) is 19.2 Å². The molecule has 0 spiro atoms. The Morgan fingerprint density at radius 3 is 2.58 bits per heavy atom. The highest BCUT2D eigenvalue weighted by Gasteiger charge is 2.53. The summed E-state index contributed by atoms with van der Waals surface area (Å²) in [4.78, 5) is 44.5. The van der Waals surface area contributed by atoms with Crippen molar-refractivity contribution in [2.45, 2.75) is 31.8 Å². The van der Waals surface area contributed by atoms with E-state index in [1.165, 1.54) is 0 Å². The third-order valence-electron chi connectivity index (χ3n) is 5.29. The second-order valence-electron chi connectivity index (χ2n) is 6.78. The maximum atomic E-state index is 11.9. The van der Waals surface area contributed by atoms with Crippen LogP contribution in [0.15, 0.2) is 24.3 Å². The number of fused-ring (bicyclic) bond motifs is 5. The first kappa shape index (κ1) is 18.2. The standard InChI is InChI=1S/C18H20O8/c19-15(20)8-18(23)25-9-24-16(21)4-5-17(22)26-14-7-10-6-13(14)12-3-1-2-11(10)12/h1,3-5,10-14H,2,6-9H2,(H,19,20)/b5-4+. The summed E-state index contributed by atoms with van der Waals surface area (Å²) in [6.07, 6.45) is 8.45. The van der Waals surface area contributed by atoms with Gasteiger partial charge < -0.3 is 19.3 Å². The van der Waals surface area contributed by atoms with Crippen molar-refractivity contribution in [3.05, 3.63) is 24.3 Å². The van der Waals surface area contributed by atoms with E-state index in [2.05, 4.69) is 21.6 Å². The van der Waals surface area contributed by atoms with E-state index in [1.54, 1.807) is 0 Å². The molecule has 2 fully saturated rings. The van der Waals surface area contributed by atoms with E-state index in [1.807, 2.05) is 0 Å². The van der Waals surface area contributed by atoms with Crippen LogP contribution in [-0.4, -0.2) is 41.9 Å². The van der Waals surface area contributed by atoms with E-state index in [0.717, 1.165) is 31.4 Å². The SMILES string of the molecule is O=C(O)CC(=O)OCOC(=O)/C=C/C(=O)OC1CC2CC1C1C=CCC21. The number of esters is 3. The molecule has 1 N–H and O–H groups in total. The van der Waals surface area contributed by atoms with Crippen LogP contribution in [-0.2, 0) is 33.4 Å². The molecule has 3 aliphatic carbocycles. The fraction of sp³-hybridized carbons (Fsp3) is 0.556. The number of rotatable bonds is 7. The highest BCUT2D eigenvalue weighted by Crippen LogP contribution is 2.57. The zero-order valence-electron chi connectivity index (χ0n) is 14.0. The minimum Gasteiger partial charge on any atom is -0.481 e. The second kappa shape index (κ2) is 7.72. The quantitative estimate of drug-likeness (QED) is 0.236. The van der Waals surface area contributed by atoms with Gasteiger partial charge in [0, 0.05) is 18.1 Å². The summed E-state index contributed by atoms with van der Waals surface area (Å²) in [6, 6.07) is 0. The minimum absolute atomic E-state index is 0.117. The molecular weight excluding hydrogens is 344 g/mol. The molecule has 0 aromatic rings. The fourth-order valence-electron chi connectivity index (χ4n) is 4.32. The number of aliphatic carboxylic acids is 1. The number of carboxylic acid groups (broad SMARTS) is 1. The van der Waals surface area contributed by atoms with Crippen molar-refractivity contribution in [2.75, 3.05) is 6.79 Å². The van der Waals surface area contributed by atoms with E-state index >= 15 is 0 Å². The van der Waals surface area contributed by atoms with Crippen LogP contribution in [0.25, 0.3) is 0 Å². The van der Waals surface area contributed by atoms with Crippen LogP contribution in [0.1, 0.15) is 25.7 Å². The summed E-state index contributed by atoms with van der Waals surface area (Å²) < 4.78 is 14.4. The normalized spacial score (nSPS) is 31.0. The molecule has 8 nitrogen and oxygen atoms in total. The minimum atomic E-state index is -1.34. The molecule has 3 rings (SSSR count). The van der Waals surface area contributed by atoms with Crippen LogP contribution >= 0.6 is 0 Å². The lowest BCUT2D eigenvalue weighted by molar-refractivity contribution is -0.166.